The number of nitrogens with zero attached hydrogens (tertiary/aromatic N) is 2. The minimum atomic E-state index is -3.82. The molecular formula is C26H37N3O5S. The summed E-state index contributed by atoms with van der Waals surface area (Å²) in [5, 5.41) is 2.95. The maximum atomic E-state index is 13.7. The van der Waals surface area contributed by atoms with Gasteiger partial charge in [-0.3, -0.25) is 13.9 Å². The van der Waals surface area contributed by atoms with Crippen LogP contribution in [-0.4, -0.2) is 63.2 Å². The summed E-state index contributed by atoms with van der Waals surface area (Å²) in [6, 6.07) is 15.5. The van der Waals surface area contributed by atoms with Crippen LogP contribution >= 0.6 is 0 Å². The maximum Gasteiger partial charge on any atom is 0.244 e. The minimum Gasteiger partial charge on any atom is -0.495 e. The SMILES string of the molecule is CC[C@H](C(=O)NC(C)(C)C)N(CCc1ccccc1)C(=O)CN(c1ccccc1OC)S(C)(=O)=O. The molecule has 8 nitrogen and oxygen atoms in total. The van der Waals surface area contributed by atoms with Gasteiger partial charge in [-0.25, -0.2) is 8.42 Å². The van der Waals surface area contributed by atoms with Crippen molar-refractivity contribution in [3.8, 4) is 5.75 Å². The van der Waals surface area contributed by atoms with Gasteiger partial charge in [0, 0.05) is 12.1 Å². The van der Waals surface area contributed by atoms with Crippen molar-refractivity contribution in [2.75, 3.05) is 30.8 Å². The molecule has 35 heavy (non-hydrogen) atoms. The van der Waals surface area contributed by atoms with Crippen LogP contribution in [0.2, 0.25) is 0 Å². The van der Waals surface area contributed by atoms with Gasteiger partial charge in [0.1, 0.15) is 18.3 Å². The number of hydrogen-bond donors (Lipinski definition) is 1. The molecule has 2 rings (SSSR count). The molecular weight excluding hydrogens is 466 g/mol. The van der Waals surface area contributed by atoms with Crippen LogP contribution in [0.1, 0.15) is 39.7 Å². The van der Waals surface area contributed by atoms with Gasteiger partial charge in [-0.1, -0.05) is 49.4 Å². The third-order valence-corrected chi connectivity index (χ3v) is 6.53. The summed E-state index contributed by atoms with van der Waals surface area (Å²) < 4.78 is 31.8. The first-order valence-electron chi connectivity index (χ1n) is 11.6. The number of rotatable bonds is 11. The van der Waals surface area contributed by atoms with Crippen LogP contribution in [0.25, 0.3) is 0 Å². The zero-order chi connectivity index (χ0) is 26.2. The molecule has 0 aliphatic rings. The summed E-state index contributed by atoms with van der Waals surface area (Å²) in [6.07, 6.45) is 1.96. The lowest BCUT2D eigenvalue weighted by atomic mass is 10.1. The van der Waals surface area contributed by atoms with E-state index in [9.17, 15) is 18.0 Å². The van der Waals surface area contributed by atoms with Crippen molar-refractivity contribution in [3.63, 3.8) is 0 Å². The smallest absolute Gasteiger partial charge is 0.244 e. The van der Waals surface area contributed by atoms with Crippen LogP contribution in [0.15, 0.2) is 54.6 Å². The molecule has 0 saturated carbocycles. The van der Waals surface area contributed by atoms with E-state index >= 15 is 0 Å². The number of hydrogen-bond acceptors (Lipinski definition) is 5. The highest BCUT2D eigenvalue weighted by Crippen LogP contribution is 2.29. The molecule has 2 aromatic carbocycles. The molecule has 0 saturated heterocycles. The van der Waals surface area contributed by atoms with E-state index < -0.39 is 34.1 Å². The van der Waals surface area contributed by atoms with Gasteiger partial charge in [0.2, 0.25) is 21.8 Å². The van der Waals surface area contributed by atoms with Crippen molar-refractivity contribution in [2.45, 2.75) is 52.1 Å². The molecule has 0 aromatic heterocycles. The summed E-state index contributed by atoms with van der Waals surface area (Å²) in [4.78, 5) is 28.3. The van der Waals surface area contributed by atoms with Crippen molar-refractivity contribution in [1.82, 2.24) is 10.2 Å². The third kappa shape index (κ3) is 8.28. The van der Waals surface area contributed by atoms with Gasteiger partial charge < -0.3 is 15.0 Å². The number of ether oxygens (including phenoxy) is 1. The first kappa shape index (κ1) is 28.2. The second-order valence-corrected chi connectivity index (χ2v) is 11.3. The Morgan fingerprint density at radius 2 is 1.63 bits per heavy atom. The molecule has 0 aliphatic carbocycles. The zero-order valence-electron chi connectivity index (χ0n) is 21.4. The van der Waals surface area contributed by atoms with Gasteiger partial charge >= 0.3 is 0 Å². The molecule has 0 aliphatic heterocycles. The number of sulfonamides is 1. The summed E-state index contributed by atoms with van der Waals surface area (Å²) in [6.45, 7) is 7.28. The summed E-state index contributed by atoms with van der Waals surface area (Å²) >= 11 is 0. The van der Waals surface area contributed by atoms with E-state index in [1.54, 1.807) is 24.3 Å². The minimum absolute atomic E-state index is 0.265. The van der Waals surface area contributed by atoms with Gasteiger partial charge in [-0.05, 0) is 51.3 Å². The second kappa shape index (κ2) is 12.1. The standard InChI is InChI=1S/C26H37N3O5S/c1-7-21(25(31)27-26(2,3)4)28(18-17-20-13-9-8-10-14-20)24(30)19-29(35(6,32)33)22-15-11-12-16-23(22)34-5/h8-16,21H,7,17-19H2,1-6H3,(H,27,31)/t21-/m1/s1. The van der Waals surface area contributed by atoms with E-state index in [-0.39, 0.29) is 18.1 Å². The van der Waals surface area contributed by atoms with Gasteiger partial charge in [0.15, 0.2) is 0 Å². The number of carbonyl (C=O) groups is 2. The number of methoxy groups -OCH3 is 1. The monoisotopic (exact) mass is 503 g/mol. The number of para-hydroxylation sites is 2. The molecule has 2 amide bonds. The Bertz CT molecular complexity index is 1100. The van der Waals surface area contributed by atoms with Crippen molar-refractivity contribution in [3.05, 3.63) is 60.2 Å². The fraction of sp³-hybridized carbons (Fsp3) is 0.462. The second-order valence-electron chi connectivity index (χ2n) is 9.43. The number of nitrogens with one attached hydrogen (secondary N) is 1. The van der Waals surface area contributed by atoms with Gasteiger partial charge in [-0.2, -0.15) is 0 Å². The quantitative estimate of drug-likeness (QED) is 0.508. The van der Waals surface area contributed by atoms with Gasteiger partial charge in [0.05, 0.1) is 19.1 Å². The Hall–Kier alpha value is -3.07. The largest absolute Gasteiger partial charge is 0.495 e. The van der Waals surface area contributed by atoms with E-state index in [0.717, 1.165) is 16.1 Å². The lowest BCUT2D eigenvalue weighted by Gasteiger charge is -2.34. The maximum absolute atomic E-state index is 13.7. The Labute approximate surface area is 209 Å². The summed E-state index contributed by atoms with van der Waals surface area (Å²) in [5.74, 6) is -0.406. The van der Waals surface area contributed by atoms with E-state index in [0.29, 0.717) is 18.6 Å². The Morgan fingerprint density at radius 1 is 1.03 bits per heavy atom. The van der Waals surface area contributed by atoms with Crippen LogP contribution in [0, 0.1) is 0 Å². The van der Waals surface area contributed by atoms with Gasteiger partial charge in [-0.15, -0.1) is 0 Å². The van der Waals surface area contributed by atoms with Crippen molar-refractivity contribution in [2.24, 2.45) is 0 Å². The highest BCUT2D eigenvalue weighted by Gasteiger charge is 2.33. The predicted molar refractivity (Wildman–Crippen MR) is 139 cm³/mol. The summed E-state index contributed by atoms with van der Waals surface area (Å²) in [5.41, 5.74) is 0.802. The fourth-order valence-electron chi connectivity index (χ4n) is 3.78. The highest BCUT2D eigenvalue weighted by molar-refractivity contribution is 7.92. The zero-order valence-corrected chi connectivity index (χ0v) is 22.3. The first-order valence-corrected chi connectivity index (χ1v) is 13.5. The van der Waals surface area contributed by atoms with E-state index in [2.05, 4.69) is 5.32 Å². The summed E-state index contributed by atoms with van der Waals surface area (Å²) in [7, 11) is -2.38. The molecule has 0 heterocycles. The number of benzene rings is 2. The molecule has 0 radical (unpaired) electrons. The average molecular weight is 504 g/mol. The molecule has 0 bridgehead atoms. The average Bonchev–Trinajstić information content (AvgIpc) is 2.78. The van der Waals surface area contributed by atoms with E-state index in [1.807, 2.05) is 58.0 Å². The Balaban J connectivity index is 2.42. The molecule has 192 valence electrons. The van der Waals surface area contributed by atoms with Gasteiger partial charge in [0.25, 0.3) is 0 Å². The molecule has 2 aromatic rings. The Morgan fingerprint density at radius 3 is 2.17 bits per heavy atom. The molecule has 0 unspecified atom stereocenters. The lowest BCUT2D eigenvalue weighted by Crippen LogP contribution is -2.56. The molecule has 9 heteroatoms. The predicted octanol–water partition coefficient (Wildman–Crippen LogP) is 3.23. The first-order chi connectivity index (χ1) is 16.4. The van der Waals surface area contributed by atoms with Crippen LogP contribution in [0.4, 0.5) is 5.69 Å². The van der Waals surface area contributed by atoms with E-state index in [1.165, 1.54) is 12.0 Å². The van der Waals surface area contributed by atoms with Crippen LogP contribution in [0.5, 0.6) is 5.75 Å². The normalized spacial score (nSPS) is 12.5. The van der Waals surface area contributed by atoms with Crippen molar-refractivity contribution < 1.29 is 22.7 Å². The number of anilines is 1. The highest BCUT2D eigenvalue weighted by atomic mass is 32.2. The van der Waals surface area contributed by atoms with Crippen molar-refractivity contribution >= 4 is 27.5 Å². The fourth-order valence-corrected chi connectivity index (χ4v) is 4.63. The topological polar surface area (TPSA) is 96.0 Å². The number of amides is 2. The van der Waals surface area contributed by atoms with Crippen molar-refractivity contribution in [1.29, 1.82) is 0 Å². The third-order valence-electron chi connectivity index (χ3n) is 5.40. The molecule has 1 atom stereocenters. The number of carbonyl (C=O) groups excluding carboxylic acids is 2. The molecule has 0 spiro atoms. The molecule has 0 fully saturated rings. The molecule has 1 N–H and O–H groups in total. The van der Waals surface area contributed by atoms with E-state index in [4.69, 9.17) is 4.74 Å². The van der Waals surface area contributed by atoms with Crippen LogP contribution in [0.3, 0.4) is 0 Å². The lowest BCUT2D eigenvalue weighted by molar-refractivity contribution is -0.140. The van der Waals surface area contributed by atoms with Crippen LogP contribution in [-0.2, 0) is 26.0 Å². The Kier molecular flexibility index (Phi) is 9.71. The van der Waals surface area contributed by atoms with Crippen LogP contribution < -0.4 is 14.4 Å².